The van der Waals surface area contributed by atoms with Crippen LogP contribution < -0.4 is 5.32 Å². The molecule has 19 heavy (non-hydrogen) atoms. The maximum absolute atomic E-state index is 4.15. The number of hydrogen-bond acceptors (Lipinski definition) is 5. The van der Waals surface area contributed by atoms with Crippen LogP contribution in [0.4, 0.5) is 0 Å². The second-order valence-electron chi connectivity index (χ2n) is 4.33. The molecule has 1 atom stereocenters. The van der Waals surface area contributed by atoms with Crippen LogP contribution in [0.1, 0.15) is 29.1 Å². The number of aryl methyl sites for hydroxylation is 2. The van der Waals surface area contributed by atoms with E-state index in [0.29, 0.717) is 6.04 Å². The maximum atomic E-state index is 4.15. The molecule has 0 aliphatic carbocycles. The topological polar surface area (TPSA) is 37.8 Å². The van der Waals surface area contributed by atoms with Gasteiger partial charge in [0.1, 0.15) is 5.01 Å². The molecule has 3 nitrogen and oxygen atoms in total. The van der Waals surface area contributed by atoms with E-state index in [2.05, 4.69) is 46.7 Å². The normalized spacial score (nSPS) is 12.6. The minimum Gasteiger partial charge on any atom is -0.312 e. The Morgan fingerprint density at radius 3 is 2.53 bits per heavy atom. The lowest BCUT2D eigenvalue weighted by Crippen LogP contribution is -2.18. The van der Waals surface area contributed by atoms with E-state index in [9.17, 15) is 0 Å². The number of aromatic nitrogens is 2. The lowest BCUT2D eigenvalue weighted by Gasteiger charge is -2.15. The molecule has 0 spiro atoms. The molecule has 0 aliphatic heterocycles. The molecular formula is C14H19N3S2. The summed E-state index contributed by atoms with van der Waals surface area (Å²) in [5.74, 6) is 0.969. The molecule has 0 saturated heterocycles. The van der Waals surface area contributed by atoms with E-state index in [4.69, 9.17) is 0 Å². The van der Waals surface area contributed by atoms with Gasteiger partial charge < -0.3 is 5.32 Å². The summed E-state index contributed by atoms with van der Waals surface area (Å²) in [6.07, 6.45) is 1.09. The number of nitrogens with zero attached hydrogens (tertiary/aromatic N) is 2. The van der Waals surface area contributed by atoms with Gasteiger partial charge in [-0.15, -0.1) is 10.2 Å². The van der Waals surface area contributed by atoms with Gasteiger partial charge in [-0.2, -0.15) is 0 Å². The van der Waals surface area contributed by atoms with Gasteiger partial charge in [0.2, 0.25) is 0 Å². The Labute approximate surface area is 122 Å². The van der Waals surface area contributed by atoms with Gasteiger partial charge in [0.05, 0.1) is 0 Å². The Morgan fingerprint density at radius 2 is 2.00 bits per heavy atom. The predicted molar refractivity (Wildman–Crippen MR) is 83.0 cm³/mol. The van der Waals surface area contributed by atoms with Crippen molar-refractivity contribution < 1.29 is 0 Å². The Bertz CT molecular complexity index is 508. The molecule has 0 aliphatic rings. The van der Waals surface area contributed by atoms with Gasteiger partial charge in [0, 0.05) is 11.8 Å². The zero-order valence-electron chi connectivity index (χ0n) is 11.5. The van der Waals surface area contributed by atoms with E-state index < -0.39 is 0 Å². The summed E-state index contributed by atoms with van der Waals surface area (Å²) in [7, 11) is 2.00. The van der Waals surface area contributed by atoms with Gasteiger partial charge in [0.25, 0.3) is 0 Å². The van der Waals surface area contributed by atoms with E-state index in [1.165, 1.54) is 11.1 Å². The van der Waals surface area contributed by atoms with Crippen molar-refractivity contribution in [2.24, 2.45) is 0 Å². The number of benzene rings is 1. The van der Waals surface area contributed by atoms with Crippen molar-refractivity contribution in [3.05, 3.63) is 40.4 Å². The number of nitrogens with one attached hydrogen (secondary N) is 1. The zero-order valence-corrected chi connectivity index (χ0v) is 13.1. The van der Waals surface area contributed by atoms with Crippen LogP contribution in [0.2, 0.25) is 0 Å². The van der Waals surface area contributed by atoms with E-state index in [1.54, 1.807) is 23.1 Å². The fraction of sp³-hybridized carbons (Fsp3) is 0.429. The van der Waals surface area contributed by atoms with Crippen molar-refractivity contribution in [2.45, 2.75) is 30.6 Å². The lowest BCUT2D eigenvalue weighted by molar-refractivity contribution is 0.661. The van der Waals surface area contributed by atoms with E-state index >= 15 is 0 Å². The highest BCUT2D eigenvalue weighted by molar-refractivity contribution is 8.01. The van der Waals surface area contributed by atoms with Crippen LogP contribution in [0.5, 0.6) is 0 Å². The van der Waals surface area contributed by atoms with Crippen LogP contribution in [0.25, 0.3) is 0 Å². The summed E-state index contributed by atoms with van der Waals surface area (Å²) >= 11 is 3.42. The van der Waals surface area contributed by atoms with Gasteiger partial charge >= 0.3 is 0 Å². The highest BCUT2D eigenvalue weighted by Crippen LogP contribution is 2.27. The SMILES string of the molecule is CCc1ccc(C(CSc2nnc(C)s2)NC)cc1. The predicted octanol–water partition coefficient (Wildman–Crippen LogP) is 3.46. The lowest BCUT2D eigenvalue weighted by atomic mass is 10.1. The summed E-state index contributed by atoms with van der Waals surface area (Å²) in [5.41, 5.74) is 2.71. The Morgan fingerprint density at radius 1 is 1.26 bits per heavy atom. The minimum absolute atomic E-state index is 0.347. The van der Waals surface area contributed by atoms with Gasteiger partial charge in [-0.3, -0.25) is 0 Å². The van der Waals surface area contributed by atoms with Gasteiger partial charge in [-0.25, -0.2) is 0 Å². The Kier molecular flexibility index (Phi) is 5.36. The molecule has 0 radical (unpaired) electrons. The van der Waals surface area contributed by atoms with Gasteiger partial charge in [0.15, 0.2) is 4.34 Å². The summed E-state index contributed by atoms with van der Waals surface area (Å²) in [5, 5.41) is 12.6. The third kappa shape index (κ3) is 4.03. The molecule has 1 aromatic carbocycles. The molecule has 0 bridgehead atoms. The van der Waals surface area contributed by atoms with E-state index in [-0.39, 0.29) is 0 Å². The third-order valence-electron chi connectivity index (χ3n) is 3.02. The molecular weight excluding hydrogens is 274 g/mol. The van der Waals surface area contributed by atoms with Crippen molar-refractivity contribution in [3.8, 4) is 0 Å². The third-order valence-corrected chi connectivity index (χ3v) is 5.09. The standard InChI is InChI=1S/C14H19N3S2/c1-4-11-5-7-12(8-6-11)13(15-3)9-18-14-17-16-10(2)19-14/h5-8,13,15H,4,9H2,1-3H3. The first kappa shape index (κ1) is 14.5. The molecule has 5 heteroatoms. The summed E-state index contributed by atoms with van der Waals surface area (Å²) in [4.78, 5) is 0. The summed E-state index contributed by atoms with van der Waals surface area (Å²) in [6, 6.07) is 9.19. The molecule has 0 amide bonds. The first-order valence-electron chi connectivity index (χ1n) is 6.42. The number of thioether (sulfide) groups is 1. The average molecular weight is 293 g/mol. The molecule has 0 fully saturated rings. The fourth-order valence-corrected chi connectivity index (χ4v) is 3.81. The molecule has 1 aromatic heterocycles. The maximum Gasteiger partial charge on any atom is 0.174 e. The molecule has 102 valence electrons. The molecule has 2 rings (SSSR count). The van der Waals surface area contributed by atoms with Gasteiger partial charge in [-0.05, 0) is 31.5 Å². The second kappa shape index (κ2) is 7.03. The molecule has 1 N–H and O–H groups in total. The highest BCUT2D eigenvalue weighted by atomic mass is 32.2. The van der Waals surface area contributed by atoms with E-state index in [1.807, 2.05) is 14.0 Å². The van der Waals surface area contributed by atoms with Crippen molar-refractivity contribution in [1.82, 2.24) is 15.5 Å². The van der Waals surface area contributed by atoms with Crippen LogP contribution >= 0.6 is 23.1 Å². The first-order valence-corrected chi connectivity index (χ1v) is 8.22. The average Bonchev–Trinajstić information content (AvgIpc) is 2.86. The number of hydrogen-bond donors (Lipinski definition) is 1. The molecule has 2 aromatic rings. The van der Waals surface area contributed by atoms with Crippen LogP contribution in [0, 0.1) is 6.92 Å². The Balaban J connectivity index is 1.98. The van der Waals surface area contributed by atoms with Crippen LogP contribution in [-0.4, -0.2) is 23.0 Å². The fourth-order valence-electron chi connectivity index (χ4n) is 1.82. The second-order valence-corrected chi connectivity index (χ2v) is 6.78. The quantitative estimate of drug-likeness (QED) is 0.828. The van der Waals surface area contributed by atoms with E-state index in [0.717, 1.165) is 21.5 Å². The molecule has 1 heterocycles. The monoisotopic (exact) mass is 293 g/mol. The van der Waals surface area contributed by atoms with Gasteiger partial charge in [-0.1, -0.05) is 54.3 Å². The smallest absolute Gasteiger partial charge is 0.174 e. The number of rotatable bonds is 6. The zero-order chi connectivity index (χ0) is 13.7. The van der Waals surface area contributed by atoms with Crippen molar-refractivity contribution in [3.63, 3.8) is 0 Å². The molecule has 0 saturated carbocycles. The largest absolute Gasteiger partial charge is 0.312 e. The van der Waals surface area contributed by atoms with Crippen LogP contribution in [-0.2, 0) is 6.42 Å². The van der Waals surface area contributed by atoms with Crippen molar-refractivity contribution in [2.75, 3.05) is 12.8 Å². The minimum atomic E-state index is 0.347. The summed E-state index contributed by atoms with van der Waals surface area (Å²) < 4.78 is 1.04. The van der Waals surface area contributed by atoms with Crippen molar-refractivity contribution >= 4 is 23.1 Å². The highest BCUT2D eigenvalue weighted by Gasteiger charge is 2.11. The molecule has 1 unspecified atom stereocenters. The van der Waals surface area contributed by atoms with Crippen molar-refractivity contribution in [1.29, 1.82) is 0 Å². The Hall–Kier alpha value is -0.910. The first-order chi connectivity index (χ1) is 9.22. The van der Waals surface area contributed by atoms with Crippen LogP contribution in [0.15, 0.2) is 28.6 Å². The van der Waals surface area contributed by atoms with Crippen LogP contribution in [0.3, 0.4) is 0 Å². The summed E-state index contributed by atoms with van der Waals surface area (Å²) in [6.45, 7) is 4.17.